The molecule has 8 nitrogen and oxygen atoms in total. The standard InChI is InChI=1S/C25H40N6O2/c1-9-12-29(8)17-18(2)20-16-26-31-22(28(6)7)15-21(27-23(20)31)19-10-13-30(14-11-19)24(32)33-25(3,4)5/h15-17,19H,9-14H2,1-8H3. The Labute approximate surface area is 198 Å². The van der Waals surface area contributed by atoms with Crippen LogP contribution >= 0.6 is 0 Å². The fourth-order valence-electron chi connectivity index (χ4n) is 4.27. The predicted octanol–water partition coefficient (Wildman–Crippen LogP) is 4.61. The number of carbonyl (C=O) groups excluding carboxylic acids is 1. The Hall–Kier alpha value is -2.77. The number of aromatic nitrogens is 3. The number of ether oxygens (including phenoxy) is 1. The lowest BCUT2D eigenvalue weighted by Gasteiger charge is -2.33. The Morgan fingerprint density at radius 1 is 1.24 bits per heavy atom. The van der Waals surface area contributed by atoms with Crippen molar-refractivity contribution in [2.75, 3.05) is 45.7 Å². The van der Waals surface area contributed by atoms with Crippen molar-refractivity contribution >= 4 is 23.1 Å². The van der Waals surface area contributed by atoms with Gasteiger partial charge in [-0.05, 0) is 52.5 Å². The highest BCUT2D eigenvalue weighted by Crippen LogP contribution is 2.32. The lowest BCUT2D eigenvalue weighted by Crippen LogP contribution is -2.41. The molecule has 0 N–H and O–H groups in total. The van der Waals surface area contributed by atoms with E-state index in [-0.39, 0.29) is 6.09 Å². The van der Waals surface area contributed by atoms with Crippen LogP contribution in [0.25, 0.3) is 11.2 Å². The number of hydrogen-bond acceptors (Lipinski definition) is 6. The molecule has 2 aromatic rings. The molecule has 1 aliphatic rings. The molecular weight excluding hydrogens is 416 g/mol. The van der Waals surface area contributed by atoms with Crippen molar-refractivity contribution in [3.05, 3.63) is 29.7 Å². The van der Waals surface area contributed by atoms with Crippen molar-refractivity contribution < 1.29 is 9.53 Å². The third-order valence-electron chi connectivity index (χ3n) is 5.91. The number of anilines is 1. The molecule has 0 bridgehead atoms. The Morgan fingerprint density at radius 2 is 1.91 bits per heavy atom. The number of hydrogen-bond donors (Lipinski definition) is 0. The van der Waals surface area contributed by atoms with Crippen LogP contribution in [0.5, 0.6) is 0 Å². The highest BCUT2D eigenvalue weighted by atomic mass is 16.6. The second-order valence-corrected chi connectivity index (χ2v) is 10.3. The van der Waals surface area contributed by atoms with Gasteiger partial charge in [-0.25, -0.2) is 9.78 Å². The van der Waals surface area contributed by atoms with Crippen molar-refractivity contribution in [1.29, 1.82) is 0 Å². The van der Waals surface area contributed by atoms with E-state index in [1.165, 1.54) is 0 Å². The van der Waals surface area contributed by atoms with Crippen LogP contribution < -0.4 is 4.90 Å². The third kappa shape index (κ3) is 5.97. The zero-order valence-corrected chi connectivity index (χ0v) is 21.6. The number of piperidine rings is 1. The number of nitrogens with zero attached hydrogens (tertiary/aromatic N) is 6. The van der Waals surface area contributed by atoms with Gasteiger partial charge in [0.05, 0.1) is 6.20 Å². The van der Waals surface area contributed by atoms with Crippen molar-refractivity contribution in [3.63, 3.8) is 0 Å². The van der Waals surface area contributed by atoms with Crippen LogP contribution in [0.3, 0.4) is 0 Å². The number of rotatable bonds is 6. The maximum Gasteiger partial charge on any atom is 0.410 e. The van der Waals surface area contributed by atoms with Gasteiger partial charge < -0.3 is 19.4 Å². The Kier molecular flexibility index (Phi) is 7.55. The number of likely N-dealkylation sites (tertiary alicyclic amines) is 1. The summed E-state index contributed by atoms with van der Waals surface area (Å²) in [5, 5.41) is 4.65. The van der Waals surface area contributed by atoms with Gasteiger partial charge in [0.15, 0.2) is 5.65 Å². The normalized spacial score (nSPS) is 15.8. The average molecular weight is 457 g/mol. The van der Waals surface area contributed by atoms with Crippen molar-refractivity contribution in [2.24, 2.45) is 0 Å². The molecule has 1 aliphatic heterocycles. The zero-order chi connectivity index (χ0) is 24.3. The van der Waals surface area contributed by atoms with Gasteiger partial charge >= 0.3 is 6.09 Å². The summed E-state index contributed by atoms with van der Waals surface area (Å²) in [5.41, 5.74) is 3.66. The van der Waals surface area contributed by atoms with Crippen molar-refractivity contribution in [3.8, 4) is 0 Å². The van der Waals surface area contributed by atoms with E-state index in [0.717, 1.165) is 54.1 Å². The lowest BCUT2D eigenvalue weighted by molar-refractivity contribution is 0.0204. The SMILES string of the molecule is CCCN(C)C=C(C)c1cnn2c(N(C)C)cc(C3CCN(C(=O)OC(C)(C)C)CC3)nc12. The molecule has 0 atom stereocenters. The van der Waals surface area contributed by atoms with E-state index in [0.29, 0.717) is 19.0 Å². The second kappa shape index (κ2) is 10.0. The van der Waals surface area contributed by atoms with E-state index >= 15 is 0 Å². The Balaban J connectivity index is 1.88. The van der Waals surface area contributed by atoms with E-state index in [1.54, 1.807) is 0 Å². The summed E-state index contributed by atoms with van der Waals surface area (Å²) in [4.78, 5) is 23.6. The summed E-state index contributed by atoms with van der Waals surface area (Å²) in [6.07, 6.45) is 6.69. The Morgan fingerprint density at radius 3 is 2.48 bits per heavy atom. The zero-order valence-electron chi connectivity index (χ0n) is 21.6. The van der Waals surface area contributed by atoms with Gasteiger partial charge in [-0.15, -0.1) is 0 Å². The van der Waals surface area contributed by atoms with Gasteiger partial charge in [0.25, 0.3) is 0 Å². The maximum absolute atomic E-state index is 12.5. The molecule has 1 amide bonds. The summed E-state index contributed by atoms with van der Waals surface area (Å²) >= 11 is 0. The van der Waals surface area contributed by atoms with Crippen molar-refractivity contribution in [1.82, 2.24) is 24.4 Å². The fourth-order valence-corrected chi connectivity index (χ4v) is 4.27. The Bertz CT molecular complexity index is 996. The fraction of sp³-hybridized carbons (Fsp3) is 0.640. The number of fused-ring (bicyclic) bond motifs is 1. The molecular formula is C25H40N6O2. The molecule has 1 fully saturated rings. The predicted molar refractivity (Wildman–Crippen MR) is 134 cm³/mol. The average Bonchev–Trinajstić information content (AvgIpc) is 3.16. The second-order valence-electron chi connectivity index (χ2n) is 10.3. The van der Waals surface area contributed by atoms with Crippen LogP contribution in [0.1, 0.15) is 71.1 Å². The van der Waals surface area contributed by atoms with Crippen LogP contribution in [-0.2, 0) is 4.74 Å². The monoisotopic (exact) mass is 456 g/mol. The van der Waals surface area contributed by atoms with E-state index in [1.807, 2.05) is 50.5 Å². The summed E-state index contributed by atoms with van der Waals surface area (Å²) in [6.45, 7) is 12.4. The molecule has 1 saturated heterocycles. The molecule has 0 unspecified atom stereocenters. The van der Waals surface area contributed by atoms with Gasteiger partial charge in [0.1, 0.15) is 11.4 Å². The summed E-state index contributed by atoms with van der Waals surface area (Å²) in [5.74, 6) is 1.30. The van der Waals surface area contributed by atoms with Gasteiger partial charge in [-0.1, -0.05) is 6.92 Å². The molecule has 182 valence electrons. The number of carbonyl (C=O) groups is 1. The summed E-state index contributed by atoms with van der Waals surface area (Å²) in [7, 11) is 6.16. The van der Waals surface area contributed by atoms with Crippen molar-refractivity contribution in [2.45, 2.75) is 65.4 Å². The molecule has 0 saturated carbocycles. The highest BCUT2D eigenvalue weighted by Gasteiger charge is 2.29. The van der Waals surface area contributed by atoms with Crippen LogP contribution in [0.15, 0.2) is 18.5 Å². The lowest BCUT2D eigenvalue weighted by atomic mass is 9.93. The summed E-state index contributed by atoms with van der Waals surface area (Å²) in [6, 6.07) is 2.14. The van der Waals surface area contributed by atoms with Crippen LogP contribution in [0.4, 0.5) is 10.6 Å². The minimum atomic E-state index is -0.476. The van der Waals surface area contributed by atoms with E-state index < -0.39 is 5.60 Å². The number of allylic oxidation sites excluding steroid dienone is 1. The highest BCUT2D eigenvalue weighted by molar-refractivity contribution is 5.75. The summed E-state index contributed by atoms with van der Waals surface area (Å²) < 4.78 is 7.47. The minimum Gasteiger partial charge on any atom is -0.444 e. The molecule has 0 spiro atoms. The smallest absolute Gasteiger partial charge is 0.410 e. The third-order valence-corrected chi connectivity index (χ3v) is 5.91. The van der Waals surface area contributed by atoms with Crippen LogP contribution in [0.2, 0.25) is 0 Å². The van der Waals surface area contributed by atoms with E-state index in [4.69, 9.17) is 9.72 Å². The van der Waals surface area contributed by atoms with Crippen LogP contribution in [-0.4, -0.2) is 76.9 Å². The molecule has 33 heavy (non-hydrogen) atoms. The maximum atomic E-state index is 12.5. The molecule has 8 heteroatoms. The van der Waals surface area contributed by atoms with Gasteiger partial charge in [-0.2, -0.15) is 9.61 Å². The van der Waals surface area contributed by atoms with Gasteiger partial charge in [0.2, 0.25) is 0 Å². The topological polar surface area (TPSA) is 66.2 Å². The molecule has 2 aromatic heterocycles. The first-order chi connectivity index (χ1) is 15.5. The molecule has 0 aliphatic carbocycles. The molecule has 3 heterocycles. The first kappa shape index (κ1) is 24.9. The first-order valence-corrected chi connectivity index (χ1v) is 11.9. The molecule has 3 rings (SSSR count). The number of amides is 1. The van der Waals surface area contributed by atoms with Gasteiger partial charge in [-0.3, -0.25) is 0 Å². The molecule has 0 radical (unpaired) electrons. The molecule has 0 aromatic carbocycles. The van der Waals surface area contributed by atoms with Gasteiger partial charge in [0, 0.05) is 70.2 Å². The first-order valence-electron chi connectivity index (χ1n) is 11.9. The minimum absolute atomic E-state index is 0.228. The van der Waals surface area contributed by atoms with E-state index in [9.17, 15) is 4.79 Å². The quantitative estimate of drug-likeness (QED) is 0.632. The van der Waals surface area contributed by atoms with E-state index in [2.05, 4.69) is 48.1 Å². The largest absolute Gasteiger partial charge is 0.444 e. The van der Waals surface area contributed by atoms with Crippen LogP contribution in [0, 0.1) is 0 Å².